The predicted molar refractivity (Wildman–Crippen MR) is 57.8 cm³/mol. The second kappa shape index (κ2) is 7.58. The number of hydrogen-bond acceptors (Lipinski definition) is 3. The smallest absolute Gasteiger partial charge is 0.327 e. The summed E-state index contributed by atoms with van der Waals surface area (Å²) in [6.45, 7) is 0. The van der Waals surface area contributed by atoms with Crippen LogP contribution in [0.25, 0.3) is 0 Å². The van der Waals surface area contributed by atoms with Crippen LogP contribution < -0.4 is 0 Å². The molecule has 4 heteroatoms. The van der Waals surface area contributed by atoms with Crippen molar-refractivity contribution in [1.29, 1.82) is 0 Å². The molecule has 0 unspecified atom stereocenters. The quantitative estimate of drug-likeness (QED) is 0.703. The van der Waals surface area contributed by atoms with Gasteiger partial charge < -0.3 is 14.3 Å². The second-order valence-corrected chi connectivity index (χ2v) is 4.75. The Kier molecular flexibility index (Phi) is 6.70. The topological polar surface area (TPSA) is 49.7 Å². The second-order valence-electron chi connectivity index (χ2n) is 4.03. The van der Waals surface area contributed by atoms with Crippen molar-refractivity contribution in [3.63, 3.8) is 0 Å². The van der Waals surface area contributed by atoms with Crippen molar-refractivity contribution in [2.24, 2.45) is 0 Å². The molecular formula is C10H21O3P. The molecule has 0 aromatic carbocycles. The molecule has 0 aromatic rings. The Balaban J connectivity index is 2.23. The summed E-state index contributed by atoms with van der Waals surface area (Å²) in [4.78, 5) is 17.6. The van der Waals surface area contributed by atoms with Gasteiger partial charge in [0.15, 0.2) is 0 Å². The molecule has 0 atom stereocenters. The lowest BCUT2D eigenvalue weighted by molar-refractivity contribution is 0.146. The number of rotatable bonds is 2. The predicted octanol–water partition coefficient (Wildman–Crippen LogP) is 3.11. The zero-order valence-electron chi connectivity index (χ0n) is 8.69. The van der Waals surface area contributed by atoms with E-state index in [-0.39, 0.29) is 6.10 Å². The third-order valence-electron chi connectivity index (χ3n) is 2.80. The average Bonchev–Trinajstić information content (AvgIpc) is 2.15. The van der Waals surface area contributed by atoms with Crippen molar-refractivity contribution in [2.75, 3.05) is 0 Å². The first-order valence-corrected chi connectivity index (χ1v) is 6.80. The maximum absolute atomic E-state index is 8.79. The first-order valence-electron chi connectivity index (χ1n) is 5.63. The molecule has 0 bridgehead atoms. The average molecular weight is 220 g/mol. The largest absolute Gasteiger partial charge is 0.328 e. The fourth-order valence-corrected chi connectivity index (χ4v) is 2.49. The van der Waals surface area contributed by atoms with Crippen molar-refractivity contribution in [3.8, 4) is 0 Å². The van der Waals surface area contributed by atoms with Crippen LogP contribution in [-0.4, -0.2) is 15.9 Å². The minimum Gasteiger partial charge on any atom is -0.328 e. The molecule has 0 radical (unpaired) electrons. The lowest BCUT2D eigenvalue weighted by Gasteiger charge is -2.18. The Bertz CT molecular complexity index is 131. The minimum absolute atomic E-state index is 0.0780. The van der Waals surface area contributed by atoms with Crippen LogP contribution in [0.1, 0.15) is 57.8 Å². The summed E-state index contributed by atoms with van der Waals surface area (Å²) < 4.78 is 5.10. The normalized spacial score (nSPS) is 22.5. The van der Waals surface area contributed by atoms with Gasteiger partial charge in [0, 0.05) is 0 Å². The van der Waals surface area contributed by atoms with Crippen molar-refractivity contribution < 1.29 is 14.3 Å². The molecule has 3 nitrogen and oxygen atoms in total. The van der Waals surface area contributed by atoms with E-state index >= 15 is 0 Å². The van der Waals surface area contributed by atoms with Gasteiger partial charge in [0.25, 0.3) is 0 Å². The zero-order chi connectivity index (χ0) is 10.2. The SMILES string of the molecule is OP(O)OC1CCCCCCCCC1. The maximum Gasteiger partial charge on any atom is 0.327 e. The highest BCUT2D eigenvalue weighted by molar-refractivity contribution is 7.39. The summed E-state index contributed by atoms with van der Waals surface area (Å²) in [6, 6.07) is 0. The van der Waals surface area contributed by atoms with Crippen LogP contribution in [0.2, 0.25) is 0 Å². The Labute approximate surface area is 87.5 Å². The van der Waals surface area contributed by atoms with E-state index in [0.29, 0.717) is 0 Å². The first kappa shape index (κ1) is 12.4. The standard InChI is InChI=1S/C10H21O3P/c11-14(12)13-10-8-6-4-2-1-3-5-7-9-10/h10-12H,1-9H2. The highest BCUT2D eigenvalue weighted by atomic mass is 31.2. The fraction of sp³-hybridized carbons (Fsp3) is 1.00. The summed E-state index contributed by atoms with van der Waals surface area (Å²) >= 11 is 0. The molecule has 1 saturated carbocycles. The fourth-order valence-electron chi connectivity index (χ4n) is 2.01. The zero-order valence-corrected chi connectivity index (χ0v) is 9.59. The highest BCUT2D eigenvalue weighted by Crippen LogP contribution is 2.31. The van der Waals surface area contributed by atoms with Crippen LogP contribution in [0.3, 0.4) is 0 Å². The summed E-state index contributed by atoms with van der Waals surface area (Å²) in [5.41, 5.74) is 0. The van der Waals surface area contributed by atoms with Crippen LogP contribution in [0.15, 0.2) is 0 Å². The molecule has 0 amide bonds. The molecule has 0 aliphatic heterocycles. The monoisotopic (exact) mass is 220 g/mol. The van der Waals surface area contributed by atoms with E-state index in [0.717, 1.165) is 25.7 Å². The van der Waals surface area contributed by atoms with E-state index in [1.807, 2.05) is 0 Å². The van der Waals surface area contributed by atoms with Gasteiger partial charge in [0.1, 0.15) is 0 Å². The van der Waals surface area contributed by atoms with Crippen LogP contribution >= 0.6 is 8.60 Å². The lowest BCUT2D eigenvalue weighted by atomic mass is 9.99. The molecular weight excluding hydrogens is 199 g/mol. The lowest BCUT2D eigenvalue weighted by Crippen LogP contribution is -2.10. The molecule has 0 spiro atoms. The molecule has 14 heavy (non-hydrogen) atoms. The Morgan fingerprint density at radius 2 is 1.21 bits per heavy atom. The Morgan fingerprint density at radius 3 is 1.64 bits per heavy atom. The summed E-state index contributed by atoms with van der Waals surface area (Å²) in [7, 11) is -2.16. The summed E-state index contributed by atoms with van der Waals surface area (Å²) in [5, 5.41) is 0. The van der Waals surface area contributed by atoms with E-state index in [2.05, 4.69) is 0 Å². The minimum atomic E-state index is -2.16. The third kappa shape index (κ3) is 5.92. The van der Waals surface area contributed by atoms with Crippen molar-refractivity contribution in [3.05, 3.63) is 0 Å². The van der Waals surface area contributed by atoms with E-state index in [4.69, 9.17) is 14.3 Å². The molecule has 1 aliphatic carbocycles. The molecule has 2 N–H and O–H groups in total. The van der Waals surface area contributed by atoms with Gasteiger partial charge in [-0.3, -0.25) is 0 Å². The van der Waals surface area contributed by atoms with Crippen LogP contribution in [-0.2, 0) is 4.52 Å². The summed E-state index contributed by atoms with van der Waals surface area (Å²) in [6.07, 6.45) is 10.9. The molecule has 1 aliphatic rings. The van der Waals surface area contributed by atoms with Crippen molar-refractivity contribution in [2.45, 2.75) is 63.9 Å². The van der Waals surface area contributed by atoms with Crippen molar-refractivity contribution in [1.82, 2.24) is 0 Å². The van der Waals surface area contributed by atoms with E-state index in [1.165, 1.54) is 32.1 Å². The molecule has 1 fully saturated rings. The van der Waals surface area contributed by atoms with Gasteiger partial charge in [-0.15, -0.1) is 0 Å². The van der Waals surface area contributed by atoms with Gasteiger partial charge >= 0.3 is 8.60 Å². The molecule has 84 valence electrons. The summed E-state index contributed by atoms with van der Waals surface area (Å²) in [5.74, 6) is 0. The Hall–Kier alpha value is 0.310. The molecule has 0 saturated heterocycles. The first-order chi connectivity index (χ1) is 6.79. The number of hydrogen-bond donors (Lipinski definition) is 2. The van der Waals surface area contributed by atoms with Gasteiger partial charge in [-0.25, -0.2) is 0 Å². The Morgan fingerprint density at radius 1 is 0.786 bits per heavy atom. The maximum atomic E-state index is 8.79. The van der Waals surface area contributed by atoms with Crippen LogP contribution in [0.4, 0.5) is 0 Å². The molecule has 0 heterocycles. The molecule has 0 aromatic heterocycles. The molecule has 1 rings (SSSR count). The van der Waals surface area contributed by atoms with Gasteiger partial charge in [-0.2, -0.15) is 0 Å². The van der Waals surface area contributed by atoms with Gasteiger partial charge in [0.2, 0.25) is 0 Å². The third-order valence-corrected chi connectivity index (χ3v) is 3.28. The van der Waals surface area contributed by atoms with E-state index < -0.39 is 8.60 Å². The van der Waals surface area contributed by atoms with Gasteiger partial charge in [0.05, 0.1) is 6.10 Å². The van der Waals surface area contributed by atoms with E-state index in [9.17, 15) is 0 Å². The highest BCUT2D eigenvalue weighted by Gasteiger charge is 2.14. The van der Waals surface area contributed by atoms with E-state index in [1.54, 1.807) is 0 Å². The van der Waals surface area contributed by atoms with Gasteiger partial charge in [-0.1, -0.05) is 44.9 Å². The van der Waals surface area contributed by atoms with Gasteiger partial charge in [-0.05, 0) is 12.8 Å². The van der Waals surface area contributed by atoms with Crippen LogP contribution in [0, 0.1) is 0 Å². The van der Waals surface area contributed by atoms with Crippen LogP contribution in [0.5, 0.6) is 0 Å². The van der Waals surface area contributed by atoms with Crippen molar-refractivity contribution >= 4 is 8.60 Å².